The zero-order valence-electron chi connectivity index (χ0n) is 11.6. The molecule has 0 heterocycles. The Balaban J connectivity index is 1.80. The minimum atomic E-state index is 0.658. The van der Waals surface area contributed by atoms with E-state index in [9.17, 15) is 0 Å². The number of hydrogen-bond acceptors (Lipinski definition) is 1. The van der Waals surface area contributed by atoms with Crippen LogP contribution < -0.4 is 5.32 Å². The van der Waals surface area contributed by atoms with Crippen molar-refractivity contribution in [2.24, 2.45) is 0 Å². The van der Waals surface area contributed by atoms with Gasteiger partial charge >= 0.3 is 0 Å². The molecule has 1 heteroatoms. The molecule has 1 fully saturated rings. The van der Waals surface area contributed by atoms with Crippen molar-refractivity contribution >= 4 is 16.5 Å². The lowest BCUT2D eigenvalue weighted by atomic mass is 9.96. The zero-order valence-corrected chi connectivity index (χ0v) is 11.6. The molecule has 1 saturated carbocycles. The molecule has 1 nitrogen and oxygen atoms in total. The molecule has 0 amide bonds. The number of anilines is 1. The second-order valence-electron chi connectivity index (χ2n) is 5.71. The van der Waals surface area contributed by atoms with Crippen LogP contribution in [0.1, 0.15) is 44.9 Å². The van der Waals surface area contributed by atoms with Gasteiger partial charge in [0.25, 0.3) is 0 Å². The van der Waals surface area contributed by atoms with E-state index in [1.54, 1.807) is 0 Å². The Hall–Kier alpha value is -1.50. The standard InChI is InChI=1S/C18H23N/c1-2-4-11-16(12-5-3-1)19-18-14-8-10-15-9-6-7-13-17(15)18/h6-10,13-14,16,19H,1-5,11-12H2. The molecule has 1 aliphatic carbocycles. The number of benzene rings is 2. The van der Waals surface area contributed by atoms with E-state index in [1.165, 1.54) is 61.4 Å². The van der Waals surface area contributed by atoms with Crippen molar-refractivity contribution in [1.29, 1.82) is 0 Å². The van der Waals surface area contributed by atoms with E-state index in [0.717, 1.165) is 0 Å². The van der Waals surface area contributed by atoms with Crippen molar-refractivity contribution in [2.75, 3.05) is 5.32 Å². The van der Waals surface area contributed by atoms with Crippen molar-refractivity contribution < 1.29 is 0 Å². The van der Waals surface area contributed by atoms with E-state index in [4.69, 9.17) is 0 Å². The van der Waals surface area contributed by atoms with E-state index in [0.29, 0.717) is 6.04 Å². The summed E-state index contributed by atoms with van der Waals surface area (Å²) in [6.45, 7) is 0. The number of rotatable bonds is 2. The molecule has 100 valence electrons. The van der Waals surface area contributed by atoms with Crippen molar-refractivity contribution in [3.63, 3.8) is 0 Å². The third-order valence-corrected chi connectivity index (χ3v) is 4.25. The second kappa shape index (κ2) is 6.10. The van der Waals surface area contributed by atoms with Gasteiger partial charge in [-0.3, -0.25) is 0 Å². The van der Waals surface area contributed by atoms with Crippen LogP contribution in [0.15, 0.2) is 42.5 Å². The lowest BCUT2D eigenvalue weighted by Gasteiger charge is -2.23. The van der Waals surface area contributed by atoms with Crippen LogP contribution in [-0.2, 0) is 0 Å². The van der Waals surface area contributed by atoms with Gasteiger partial charge in [-0.25, -0.2) is 0 Å². The van der Waals surface area contributed by atoms with Crippen LogP contribution in [0.3, 0.4) is 0 Å². The van der Waals surface area contributed by atoms with Gasteiger partial charge in [-0.15, -0.1) is 0 Å². The van der Waals surface area contributed by atoms with Crippen LogP contribution in [0.4, 0.5) is 5.69 Å². The van der Waals surface area contributed by atoms with Gasteiger partial charge in [-0.1, -0.05) is 68.5 Å². The van der Waals surface area contributed by atoms with Gasteiger partial charge in [0.1, 0.15) is 0 Å². The summed E-state index contributed by atoms with van der Waals surface area (Å²) < 4.78 is 0. The highest BCUT2D eigenvalue weighted by Crippen LogP contribution is 2.26. The molecule has 0 unspecified atom stereocenters. The largest absolute Gasteiger partial charge is 0.382 e. The maximum Gasteiger partial charge on any atom is 0.0422 e. The average molecular weight is 253 g/mol. The highest BCUT2D eigenvalue weighted by Gasteiger charge is 2.12. The van der Waals surface area contributed by atoms with Crippen molar-refractivity contribution in [2.45, 2.75) is 51.0 Å². The smallest absolute Gasteiger partial charge is 0.0422 e. The Morgan fingerprint density at radius 3 is 2.26 bits per heavy atom. The summed E-state index contributed by atoms with van der Waals surface area (Å²) >= 11 is 0. The molecule has 0 aromatic heterocycles. The van der Waals surface area contributed by atoms with Crippen molar-refractivity contribution in [3.05, 3.63) is 42.5 Å². The van der Waals surface area contributed by atoms with Crippen LogP contribution in [0, 0.1) is 0 Å². The molecule has 0 aliphatic heterocycles. The van der Waals surface area contributed by atoms with Crippen LogP contribution in [0.5, 0.6) is 0 Å². The van der Waals surface area contributed by atoms with Crippen molar-refractivity contribution in [1.82, 2.24) is 0 Å². The lowest BCUT2D eigenvalue weighted by molar-refractivity contribution is 0.471. The molecule has 19 heavy (non-hydrogen) atoms. The lowest BCUT2D eigenvalue weighted by Crippen LogP contribution is -2.20. The number of hydrogen-bond donors (Lipinski definition) is 1. The summed E-state index contributed by atoms with van der Waals surface area (Å²) in [6.07, 6.45) is 9.65. The van der Waals surface area contributed by atoms with Gasteiger partial charge in [-0.2, -0.15) is 0 Å². The molecular weight excluding hydrogens is 230 g/mol. The van der Waals surface area contributed by atoms with Gasteiger partial charge < -0.3 is 5.32 Å². The van der Waals surface area contributed by atoms with E-state index in [1.807, 2.05) is 0 Å². The first-order chi connectivity index (χ1) is 9.43. The summed E-state index contributed by atoms with van der Waals surface area (Å²) in [5.41, 5.74) is 1.31. The average Bonchev–Trinajstić information content (AvgIpc) is 2.42. The fraction of sp³-hybridized carbons (Fsp3) is 0.444. The fourth-order valence-corrected chi connectivity index (χ4v) is 3.17. The molecule has 0 saturated heterocycles. The van der Waals surface area contributed by atoms with Gasteiger partial charge in [0, 0.05) is 17.1 Å². The maximum absolute atomic E-state index is 3.79. The topological polar surface area (TPSA) is 12.0 Å². The third kappa shape index (κ3) is 3.09. The Bertz CT molecular complexity index is 519. The predicted molar refractivity (Wildman–Crippen MR) is 83.7 cm³/mol. The Morgan fingerprint density at radius 1 is 0.737 bits per heavy atom. The second-order valence-corrected chi connectivity index (χ2v) is 5.71. The van der Waals surface area contributed by atoms with Crippen LogP contribution >= 0.6 is 0 Å². The first kappa shape index (κ1) is 12.5. The normalized spacial score (nSPS) is 17.9. The summed E-state index contributed by atoms with van der Waals surface area (Å²) in [4.78, 5) is 0. The molecule has 2 aromatic carbocycles. The summed E-state index contributed by atoms with van der Waals surface area (Å²) in [6, 6.07) is 15.9. The van der Waals surface area contributed by atoms with E-state index >= 15 is 0 Å². The third-order valence-electron chi connectivity index (χ3n) is 4.25. The molecule has 1 aliphatic rings. The molecule has 0 radical (unpaired) electrons. The summed E-state index contributed by atoms with van der Waals surface area (Å²) in [5, 5.41) is 6.48. The van der Waals surface area contributed by atoms with Crippen molar-refractivity contribution in [3.8, 4) is 0 Å². The highest BCUT2D eigenvalue weighted by molar-refractivity contribution is 5.93. The molecule has 3 rings (SSSR count). The number of nitrogens with one attached hydrogen (secondary N) is 1. The monoisotopic (exact) mass is 253 g/mol. The SMILES string of the molecule is c1ccc2c(NC3CCCCCCC3)cccc2c1. The number of fused-ring (bicyclic) bond motifs is 1. The zero-order chi connectivity index (χ0) is 12.9. The molecule has 2 aromatic rings. The van der Waals surface area contributed by atoms with Crippen LogP contribution in [0.2, 0.25) is 0 Å². The molecule has 0 spiro atoms. The quantitative estimate of drug-likeness (QED) is 0.759. The van der Waals surface area contributed by atoms with E-state index in [2.05, 4.69) is 47.8 Å². The molecular formula is C18H23N. The molecule has 0 atom stereocenters. The minimum absolute atomic E-state index is 0.658. The van der Waals surface area contributed by atoms with Crippen LogP contribution in [-0.4, -0.2) is 6.04 Å². The van der Waals surface area contributed by atoms with Gasteiger partial charge in [0.15, 0.2) is 0 Å². The molecule has 0 bridgehead atoms. The summed E-state index contributed by atoms with van der Waals surface area (Å²) in [5.74, 6) is 0. The van der Waals surface area contributed by atoms with E-state index < -0.39 is 0 Å². The first-order valence-electron chi connectivity index (χ1n) is 7.68. The Morgan fingerprint density at radius 2 is 1.42 bits per heavy atom. The predicted octanol–water partition coefficient (Wildman–Crippen LogP) is 5.36. The minimum Gasteiger partial charge on any atom is -0.382 e. The first-order valence-corrected chi connectivity index (χ1v) is 7.68. The Labute approximate surface area is 116 Å². The molecule has 1 N–H and O–H groups in total. The van der Waals surface area contributed by atoms with E-state index in [-0.39, 0.29) is 0 Å². The van der Waals surface area contributed by atoms with Gasteiger partial charge in [-0.05, 0) is 24.3 Å². The van der Waals surface area contributed by atoms with Gasteiger partial charge in [0.2, 0.25) is 0 Å². The van der Waals surface area contributed by atoms with Gasteiger partial charge in [0.05, 0.1) is 0 Å². The Kier molecular flexibility index (Phi) is 4.02. The highest BCUT2D eigenvalue weighted by atomic mass is 14.9. The fourth-order valence-electron chi connectivity index (χ4n) is 3.17. The summed E-state index contributed by atoms with van der Waals surface area (Å²) in [7, 11) is 0. The van der Waals surface area contributed by atoms with Crippen LogP contribution in [0.25, 0.3) is 10.8 Å². The maximum atomic E-state index is 3.79.